The van der Waals surface area contributed by atoms with Gasteiger partial charge in [-0.2, -0.15) is 13.2 Å². The fourth-order valence-electron chi connectivity index (χ4n) is 1.00. The average molecular weight is 216 g/mol. The van der Waals surface area contributed by atoms with E-state index in [0.717, 1.165) is 12.1 Å². The first-order chi connectivity index (χ1) is 7.04. The van der Waals surface area contributed by atoms with Crippen LogP contribution in [-0.4, -0.2) is 6.61 Å². The van der Waals surface area contributed by atoms with Gasteiger partial charge in [0, 0.05) is 0 Å². The first kappa shape index (κ1) is 11.6. The van der Waals surface area contributed by atoms with E-state index in [1.165, 1.54) is 12.1 Å². The molecule has 1 aromatic carbocycles. The SMILES string of the molecule is CC=CCOc1cccc(C(F)(F)F)c1. The molecule has 0 fully saturated rings. The lowest BCUT2D eigenvalue weighted by Gasteiger charge is -2.08. The third-order valence-corrected chi connectivity index (χ3v) is 1.74. The fraction of sp³-hybridized carbons (Fsp3) is 0.273. The second-order valence-electron chi connectivity index (χ2n) is 2.91. The highest BCUT2D eigenvalue weighted by Crippen LogP contribution is 2.31. The second-order valence-corrected chi connectivity index (χ2v) is 2.91. The van der Waals surface area contributed by atoms with E-state index in [4.69, 9.17) is 4.74 Å². The zero-order valence-corrected chi connectivity index (χ0v) is 8.21. The van der Waals surface area contributed by atoms with Gasteiger partial charge >= 0.3 is 6.18 Å². The predicted octanol–water partition coefficient (Wildman–Crippen LogP) is 3.66. The lowest BCUT2D eigenvalue weighted by atomic mass is 10.2. The van der Waals surface area contributed by atoms with Crippen molar-refractivity contribution < 1.29 is 17.9 Å². The largest absolute Gasteiger partial charge is 0.490 e. The predicted molar refractivity (Wildman–Crippen MR) is 51.8 cm³/mol. The van der Waals surface area contributed by atoms with Crippen LogP contribution in [0.2, 0.25) is 0 Å². The summed E-state index contributed by atoms with van der Waals surface area (Å²) in [6, 6.07) is 4.83. The molecule has 0 aromatic heterocycles. The van der Waals surface area contributed by atoms with Crippen molar-refractivity contribution in [1.82, 2.24) is 0 Å². The van der Waals surface area contributed by atoms with Gasteiger partial charge in [0.2, 0.25) is 0 Å². The Morgan fingerprint density at radius 3 is 2.67 bits per heavy atom. The lowest BCUT2D eigenvalue weighted by molar-refractivity contribution is -0.137. The molecule has 82 valence electrons. The van der Waals surface area contributed by atoms with Crippen molar-refractivity contribution in [3.63, 3.8) is 0 Å². The number of benzene rings is 1. The van der Waals surface area contributed by atoms with E-state index in [9.17, 15) is 13.2 Å². The Hall–Kier alpha value is -1.45. The Kier molecular flexibility index (Phi) is 3.77. The van der Waals surface area contributed by atoms with Crippen molar-refractivity contribution in [2.24, 2.45) is 0 Å². The number of allylic oxidation sites excluding steroid dienone is 1. The number of ether oxygens (including phenoxy) is 1. The van der Waals surface area contributed by atoms with Gasteiger partial charge in [-0.3, -0.25) is 0 Å². The van der Waals surface area contributed by atoms with Crippen LogP contribution in [0.4, 0.5) is 13.2 Å². The number of rotatable bonds is 3. The molecular formula is C11H11F3O. The molecule has 0 aliphatic carbocycles. The molecule has 0 aliphatic rings. The molecule has 15 heavy (non-hydrogen) atoms. The summed E-state index contributed by atoms with van der Waals surface area (Å²) >= 11 is 0. The Bertz CT molecular complexity index is 342. The molecular weight excluding hydrogens is 205 g/mol. The molecule has 0 saturated carbocycles. The van der Waals surface area contributed by atoms with Crippen LogP contribution < -0.4 is 4.74 Å². The summed E-state index contributed by atoms with van der Waals surface area (Å²) in [4.78, 5) is 0. The van der Waals surface area contributed by atoms with Crippen molar-refractivity contribution >= 4 is 0 Å². The molecule has 1 aromatic rings. The molecule has 0 heterocycles. The fourth-order valence-corrected chi connectivity index (χ4v) is 1.00. The zero-order valence-electron chi connectivity index (χ0n) is 8.21. The molecule has 4 heteroatoms. The second kappa shape index (κ2) is 4.87. The van der Waals surface area contributed by atoms with Crippen molar-refractivity contribution in [3.8, 4) is 5.75 Å². The summed E-state index contributed by atoms with van der Waals surface area (Å²) in [5, 5.41) is 0. The van der Waals surface area contributed by atoms with E-state index in [-0.39, 0.29) is 12.4 Å². The Labute approximate surface area is 86.2 Å². The van der Waals surface area contributed by atoms with Crippen LogP contribution in [0.5, 0.6) is 5.75 Å². The molecule has 0 aliphatic heterocycles. The van der Waals surface area contributed by atoms with Crippen LogP contribution in [0, 0.1) is 0 Å². The molecule has 0 bridgehead atoms. The highest BCUT2D eigenvalue weighted by Gasteiger charge is 2.30. The summed E-state index contributed by atoms with van der Waals surface area (Å²) in [5.74, 6) is 0.225. The van der Waals surface area contributed by atoms with E-state index in [1.807, 2.05) is 6.92 Å². The van der Waals surface area contributed by atoms with Gasteiger partial charge in [-0.05, 0) is 25.1 Å². The topological polar surface area (TPSA) is 9.23 Å². The van der Waals surface area contributed by atoms with Crippen molar-refractivity contribution in [2.75, 3.05) is 6.61 Å². The van der Waals surface area contributed by atoms with E-state index >= 15 is 0 Å². The van der Waals surface area contributed by atoms with Crippen molar-refractivity contribution in [1.29, 1.82) is 0 Å². The van der Waals surface area contributed by atoms with Crippen LogP contribution in [0.25, 0.3) is 0 Å². The molecule has 0 unspecified atom stereocenters. The summed E-state index contributed by atoms with van der Waals surface area (Å²) in [6.45, 7) is 2.09. The van der Waals surface area contributed by atoms with Gasteiger partial charge in [-0.25, -0.2) is 0 Å². The lowest BCUT2D eigenvalue weighted by Crippen LogP contribution is -2.05. The first-order valence-corrected chi connectivity index (χ1v) is 4.45. The number of hydrogen-bond acceptors (Lipinski definition) is 1. The zero-order chi connectivity index (χ0) is 11.3. The Balaban J connectivity index is 2.75. The highest BCUT2D eigenvalue weighted by molar-refractivity contribution is 5.30. The minimum absolute atomic E-state index is 0.225. The van der Waals surface area contributed by atoms with E-state index in [2.05, 4.69) is 0 Å². The molecule has 0 spiro atoms. The van der Waals surface area contributed by atoms with Crippen LogP contribution in [0.3, 0.4) is 0 Å². The van der Waals surface area contributed by atoms with Crippen molar-refractivity contribution in [2.45, 2.75) is 13.1 Å². The van der Waals surface area contributed by atoms with Crippen LogP contribution in [-0.2, 0) is 6.18 Å². The quantitative estimate of drug-likeness (QED) is 0.700. The van der Waals surface area contributed by atoms with Gasteiger partial charge in [-0.15, -0.1) is 0 Å². The van der Waals surface area contributed by atoms with Gasteiger partial charge in [0.1, 0.15) is 12.4 Å². The average Bonchev–Trinajstić information content (AvgIpc) is 2.17. The molecule has 0 radical (unpaired) electrons. The number of halogens is 3. The maximum atomic E-state index is 12.3. The van der Waals surface area contributed by atoms with Crippen LogP contribution in [0.1, 0.15) is 12.5 Å². The molecule has 0 amide bonds. The molecule has 0 N–H and O–H groups in total. The molecule has 1 rings (SSSR count). The minimum Gasteiger partial charge on any atom is -0.490 e. The van der Waals surface area contributed by atoms with Crippen LogP contribution >= 0.6 is 0 Å². The van der Waals surface area contributed by atoms with E-state index in [1.54, 1.807) is 12.2 Å². The maximum Gasteiger partial charge on any atom is 0.416 e. The van der Waals surface area contributed by atoms with Gasteiger partial charge in [0.05, 0.1) is 5.56 Å². The number of hydrogen-bond donors (Lipinski definition) is 0. The highest BCUT2D eigenvalue weighted by atomic mass is 19.4. The summed E-state index contributed by atoms with van der Waals surface area (Å²) < 4.78 is 42.0. The maximum absolute atomic E-state index is 12.3. The normalized spacial score (nSPS) is 12.0. The minimum atomic E-state index is -4.32. The molecule has 0 atom stereocenters. The van der Waals surface area contributed by atoms with E-state index < -0.39 is 11.7 Å². The Morgan fingerprint density at radius 2 is 2.07 bits per heavy atom. The van der Waals surface area contributed by atoms with Crippen LogP contribution in [0.15, 0.2) is 36.4 Å². The van der Waals surface area contributed by atoms with Gasteiger partial charge < -0.3 is 4.74 Å². The third kappa shape index (κ3) is 3.65. The van der Waals surface area contributed by atoms with Gasteiger partial charge in [-0.1, -0.05) is 18.2 Å². The first-order valence-electron chi connectivity index (χ1n) is 4.45. The standard InChI is InChI=1S/C11H11F3O/c1-2-3-7-15-10-6-4-5-9(8-10)11(12,13)14/h2-6,8H,7H2,1H3. The van der Waals surface area contributed by atoms with Crippen molar-refractivity contribution in [3.05, 3.63) is 42.0 Å². The summed E-state index contributed by atoms with van der Waals surface area (Å²) in [5.41, 5.74) is -0.694. The Morgan fingerprint density at radius 1 is 1.33 bits per heavy atom. The molecule has 1 nitrogen and oxygen atoms in total. The smallest absolute Gasteiger partial charge is 0.416 e. The summed E-state index contributed by atoms with van der Waals surface area (Å²) in [7, 11) is 0. The number of alkyl halides is 3. The molecule has 0 saturated heterocycles. The van der Waals surface area contributed by atoms with Gasteiger partial charge in [0.15, 0.2) is 0 Å². The summed E-state index contributed by atoms with van der Waals surface area (Å²) in [6.07, 6.45) is -0.826. The third-order valence-electron chi connectivity index (χ3n) is 1.74. The van der Waals surface area contributed by atoms with Gasteiger partial charge in [0.25, 0.3) is 0 Å². The monoisotopic (exact) mass is 216 g/mol. The van der Waals surface area contributed by atoms with E-state index in [0.29, 0.717) is 0 Å².